The molecule has 4 nitrogen and oxygen atoms in total. The van der Waals surface area contributed by atoms with Crippen molar-refractivity contribution in [3.63, 3.8) is 0 Å². The van der Waals surface area contributed by atoms with E-state index in [1.54, 1.807) is 0 Å². The average Bonchev–Trinajstić information content (AvgIpc) is 2.94. The van der Waals surface area contributed by atoms with Crippen LogP contribution in [0.2, 0.25) is 0 Å². The first-order chi connectivity index (χ1) is 9.84. The Labute approximate surface area is 124 Å². The number of aliphatic hydroxyl groups is 1. The first kappa shape index (κ1) is 13.5. The van der Waals surface area contributed by atoms with Crippen LogP contribution in [0.15, 0.2) is 23.5 Å². The highest BCUT2D eigenvalue weighted by Crippen LogP contribution is 2.55. The van der Waals surface area contributed by atoms with Gasteiger partial charge in [-0.05, 0) is 39.0 Å². The molecule has 4 aliphatic rings. The Hall–Kier alpha value is -1.13. The van der Waals surface area contributed by atoms with Gasteiger partial charge in [-0.1, -0.05) is 12.2 Å². The molecule has 0 aromatic carbocycles. The summed E-state index contributed by atoms with van der Waals surface area (Å²) in [7, 11) is 0. The van der Waals surface area contributed by atoms with Crippen LogP contribution < -0.4 is 0 Å². The van der Waals surface area contributed by atoms with Gasteiger partial charge in [0.15, 0.2) is 11.4 Å². The van der Waals surface area contributed by atoms with Crippen LogP contribution in [-0.2, 0) is 14.3 Å². The molecule has 2 heterocycles. The Morgan fingerprint density at radius 2 is 2.24 bits per heavy atom. The van der Waals surface area contributed by atoms with Crippen molar-refractivity contribution in [3.05, 3.63) is 23.5 Å². The van der Waals surface area contributed by atoms with E-state index >= 15 is 0 Å². The highest BCUT2D eigenvalue weighted by molar-refractivity contribution is 6.04. The Balaban J connectivity index is 1.75. The van der Waals surface area contributed by atoms with Crippen molar-refractivity contribution in [2.75, 3.05) is 6.61 Å². The average molecular weight is 290 g/mol. The zero-order chi connectivity index (χ0) is 15.0. The fourth-order valence-corrected chi connectivity index (χ4v) is 4.70. The molecule has 0 unspecified atom stereocenters. The Bertz CT molecular complexity index is 577. The molecule has 4 rings (SSSR count). The number of fused-ring (bicyclic) bond motifs is 4. The smallest absolute Gasteiger partial charge is 0.196 e. The number of carbonyl (C=O) groups excluding carboxylic acids is 1. The monoisotopic (exact) mass is 290 g/mol. The lowest BCUT2D eigenvalue weighted by Gasteiger charge is -2.44. The number of carbonyl (C=O) groups is 1. The topological polar surface area (TPSA) is 55.8 Å². The van der Waals surface area contributed by atoms with Crippen LogP contribution >= 0.6 is 0 Å². The van der Waals surface area contributed by atoms with E-state index in [4.69, 9.17) is 9.47 Å². The van der Waals surface area contributed by atoms with Crippen LogP contribution in [0.3, 0.4) is 0 Å². The van der Waals surface area contributed by atoms with Gasteiger partial charge in [0.2, 0.25) is 0 Å². The zero-order valence-electron chi connectivity index (χ0n) is 12.6. The molecule has 5 atom stereocenters. The third kappa shape index (κ3) is 1.66. The van der Waals surface area contributed by atoms with E-state index in [1.807, 2.05) is 0 Å². The maximum Gasteiger partial charge on any atom is 0.196 e. The summed E-state index contributed by atoms with van der Waals surface area (Å²) in [6, 6.07) is 0. The Morgan fingerprint density at radius 1 is 1.48 bits per heavy atom. The third-order valence-corrected chi connectivity index (χ3v) is 5.95. The quantitative estimate of drug-likeness (QED) is 0.752. The highest BCUT2D eigenvalue weighted by Gasteiger charge is 2.59. The van der Waals surface area contributed by atoms with E-state index in [0.29, 0.717) is 30.1 Å². The van der Waals surface area contributed by atoms with Crippen molar-refractivity contribution in [2.24, 2.45) is 11.8 Å². The van der Waals surface area contributed by atoms with Gasteiger partial charge in [-0.2, -0.15) is 0 Å². The van der Waals surface area contributed by atoms with Gasteiger partial charge in [-0.15, -0.1) is 0 Å². The summed E-state index contributed by atoms with van der Waals surface area (Å²) in [6.45, 7) is 8.41. The van der Waals surface area contributed by atoms with Crippen LogP contribution in [0, 0.1) is 11.8 Å². The lowest BCUT2D eigenvalue weighted by Crippen LogP contribution is -2.49. The minimum absolute atomic E-state index is 0.0954. The summed E-state index contributed by atoms with van der Waals surface area (Å²) in [4.78, 5) is 12.6. The summed E-state index contributed by atoms with van der Waals surface area (Å²) in [5.74, 6) is 1.19. The largest absolute Gasteiger partial charge is 0.488 e. The van der Waals surface area contributed by atoms with Gasteiger partial charge in [0.25, 0.3) is 0 Å². The second-order valence-electron chi connectivity index (χ2n) is 7.42. The molecule has 0 radical (unpaired) electrons. The van der Waals surface area contributed by atoms with Crippen molar-refractivity contribution < 1.29 is 19.4 Å². The van der Waals surface area contributed by atoms with Gasteiger partial charge in [-0.25, -0.2) is 0 Å². The van der Waals surface area contributed by atoms with Crippen molar-refractivity contribution in [1.82, 2.24) is 0 Å². The second kappa shape index (κ2) is 3.99. The van der Waals surface area contributed by atoms with Gasteiger partial charge in [0.1, 0.15) is 17.5 Å². The van der Waals surface area contributed by atoms with E-state index in [-0.39, 0.29) is 30.0 Å². The minimum Gasteiger partial charge on any atom is -0.488 e. The molecule has 1 N–H and O–H groups in total. The van der Waals surface area contributed by atoms with Crippen LogP contribution in [-0.4, -0.2) is 34.8 Å². The predicted octanol–water partition coefficient (Wildman–Crippen LogP) is 2.12. The second-order valence-corrected chi connectivity index (χ2v) is 7.42. The lowest BCUT2D eigenvalue weighted by molar-refractivity contribution is -0.136. The summed E-state index contributed by atoms with van der Waals surface area (Å²) in [6.07, 6.45) is 2.82. The first-order valence-electron chi connectivity index (χ1n) is 7.80. The number of ether oxygens (including phenoxy) is 2. The summed E-state index contributed by atoms with van der Waals surface area (Å²) in [5.41, 5.74) is 0.279. The number of ketones is 1. The van der Waals surface area contributed by atoms with Gasteiger partial charge in [0.05, 0.1) is 6.61 Å². The Morgan fingerprint density at radius 3 is 2.95 bits per heavy atom. The van der Waals surface area contributed by atoms with E-state index in [0.717, 1.165) is 18.4 Å². The van der Waals surface area contributed by atoms with Gasteiger partial charge in [-0.3, -0.25) is 4.79 Å². The summed E-state index contributed by atoms with van der Waals surface area (Å²) < 4.78 is 11.9. The Kier molecular flexibility index (Phi) is 2.57. The summed E-state index contributed by atoms with van der Waals surface area (Å²) >= 11 is 0. The molecule has 0 amide bonds. The zero-order valence-corrected chi connectivity index (χ0v) is 12.6. The molecule has 0 aromatic rings. The molecule has 0 aromatic heterocycles. The molecule has 2 aliphatic heterocycles. The molecule has 0 spiro atoms. The number of Topliss-reactive ketones (excluding diaryl/α,β-unsaturated/α-hetero) is 1. The molecule has 1 saturated carbocycles. The van der Waals surface area contributed by atoms with Crippen molar-refractivity contribution in [2.45, 2.75) is 56.8 Å². The van der Waals surface area contributed by atoms with Crippen molar-refractivity contribution >= 4 is 5.78 Å². The molecular weight excluding hydrogens is 268 g/mol. The van der Waals surface area contributed by atoms with E-state index in [1.165, 1.54) is 0 Å². The van der Waals surface area contributed by atoms with Crippen LogP contribution in [0.25, 0.3) is 0 Å². The molecule has 2 fully saturated rings. The fourth-order valence-electron chi connectivity index (χ4n) is 4.70. The van der Waals surface area contributed by atoms with Crippen LogP contribution in [0.5, 0.6) is 0 Å². The number of allylic oxidation sites excluding steroid dienone is 1. The molecule has 21 heavy (non-hydrogen) atoms. The van der Waals surface area contributed by atoms with Crippen LogP contribution in [0.4, 0.5) is 0 Å². The maximum atomic E-state index is 12.6. The van der Waals surface area contributed by atoms with Gasteiger partial charge in [0, 0.05) is 17.9 Å². The highest BCUT2D eigenvalue weighted by atomic mass is 16.6. The minimum atomic E-state index is -1.32. The van der Waals surface area contributed by atoms with Gasteiger partial charge >= 0.3 is 0 Å². The summed E-state index contributed by atoms with van der Waals surface area (Å²) in [5, 5.41) is 10.4. The first-order valence-corrected chi connectivity index (χ1v) is 7.80. The molecule has 2 bridgehead atoms. The number of rotatable bonds is 1. The standard InChI is InChI=1S/C17H22O4/c1-9(2)10-4-5-16(3)12(10)6-11-14(21-16)13-7-17(19,8-20-13)15(11)18/h10,12-13,19H,1,4-8H2,2-3H3/t10-,12-,13+,16-,17+/m0/s1. The van der Waals surface area contributed by atoms with Crippen molar-refractivity contribution in [3.8, 4) is 0 Å². The molecule has 4 heteroatoms. The third-order valence-electron chi connectivity index (χ3n) is 5.95. The van der Waals surface area contributed by atoms with Gasteiger partial charge < -0.3 is 14.6 Å². The number of hydrogen-bond acceptors (Lipinski definition) is 4. The molecular formula is C17H22O4. The van der Waals surface area contributed by atoms with Crippen LogP contribution in [0.1, 0.15) is 39.5 Å². The number of hydrogen-bond donors (Lipinski definition) is 1. The normalized spacial score (nSPS) is 48.0. The van der Waals surface area contributed by atoms with E-state index in [9.17, 15) is 9.90 Å². The van der Waals surface area contributed by atoms with Crippen molar-refractivity contribution in [1.29, 1.82) is 0 Å². The lowest BCUT2D eigenvalue weighted by atomic mass is 9.72. The predicted molar refractivity (Wildman–Crippen MR) is 76.5 cm³/mol. The SMILES string of the molecule is C=C(C)[C@@H]1CC[C@]2(C)OC3=C(C[C@@H]12)C(=O)[C@]1(O)CO[C@@H]3C1. The maximum absolute atomic E-state index is 12.6. The van der Waals surface area contributed by atoms with E-state index < -0.39 is 5.60 Å². The molecule has 2 aliphatic carbocycles. The molecule has 1 saturated heterocycles. The molecule has 114 valence electrons. The fraction of sp³-hybridized carbons (Fsp3) is 0.706. The van der Waals surface area contributed by atoms with E-state index in [2.05, 4.69) is 20.4 Å².